The molecule has 0 saturated carbocycles. The molecule has 0 unspecified atom stereocenters. The fraction of sp³-hybridized carbons (Fsp3) is 0.480. The van der Waals surface area contributed by atoms with Crippen LogP contribution in [-0.2, 0) is 11.2 Å². The Labute approximate surface area is 191 Å². The predicted octanol–water partition coefficient (Wildman–Crippen LogP) is 4.23. The van der Waals surface area contributed by atoms with Gasteiger partial charge in [0.2, 0.25) is 0 Å². The average molecular weight is 458 g/mol. The number of rotatable bonds is 9. The van der Waals surface area contributed by atoms with Gasteiger partial charge in [-0.25, -0.2) is 0 Å². The molecule has 0 bridgehead atoms. The molecule has 3 N–H and O–H groups in total. The summed E-state index contributed by atoms with van der Waals surface area (Å²) in [6.45, 7) is 6.16. The molecule has 1 saturated heterocycles. The summed E-state index contributed by atoms with van der Waals surface area (Å²) < 4.78 is 11.4. The largest absolute Gasteiger partial charge is 0.497 e. The summed E-state index contributed by atoms with van der Waals surface area (Å²) >= 11 is 0. The van der Waals surface area contributed by atoms with Gasteiger partial charge in [-0.2, -0.15) is 0 Å². The van der Waals surface area contributed by atoms with Gasteiger partial charge >= 0.3 is 0 Å². The highest BCUT2D eigenvalue weighted by atomic mass is 28.4. The molecule has 0 aliphatic carbocycles. The van der Waals surface area contributed by atoms with Crippen LogP contribution < -0.4 is 10.1 Å². The molecule has 2 aromatic rings. The third-order valence-electron chi connectivity index (χ3n) is 6.41. The number of hydrogen-bond donors (Lipinski definition) is 3. The van der Waals surface area contributed by atoms with Gasteiger partial charge in [-0.1, -0.05) is 19.1 Å². The number of benzene rings is 2. The van der Waals surface area contributed by atoms with E-state index in [0.29, 0.717) is 17.7 Å². The number of aliphatic hydroxyl groups excluding tert-OH is 1. The number of carbonyl (C=O) groups is 1. The fourth-order valence-corrected chi connectivity index (χ4v) is 7.47. The second kappa shape index (κ2) is 10.6. The van der Waals surface area contributed by atoms with Crippen molar-refractivity contribution in [2.75, 3.05) is 19.0 Å². The minimum Gasteiger partial charge on any atom is -0.497 e. The maximum Gasteiger partial charge on any atom is 0.255 e. The van der Waals surface area contributed by atoms with E-state index in [9.17, 15) is 14.7 Å². The number of aryl methyl sites for hydroxylation is 1. The predicted molar refractivity (Wildman–Crippen MR) is 129 cm³/mol. The molecule has 1 amide bonds. The van der Waals surface area contributed by atoms with Crippen LogP contribution in [0.5, 0.6) is 5.75 Å². The highest BCUT2D eigenvalue weighted by Gasteiger charge is 2.49. The monoisotopic (exact) mass is 457 g/mol. The Hall–Kier alpha value is -2.19. The van der Waals surface area contributed by atoms with Crippen molar-refractivity contribution in [3.05, 3.63) is 59.7 Å². The van der Waals surface area contributed by atoms with Crippen molar-refractivity contribution >= 4 is 19.9 Å². The van der Waals surface area contributed by atoms with Gasteiger partial charge in [0.25, 0.3) is 5.91 Å². The zero-order valence-corrected chi connectivity index (χ0v) is 20.4. The molecular formula is C25H35NO5Si. The summed E-state index contributed by atoms with van der Waals surface area (Å²) in [5, 5.41) is 12.3. The van der Waals surface area contributed by atoms with Crippen molar-refractivity contribution < 1.29 is 24.2 Å². The second-order valence-electron chi connectivity index (χ2n) is 9.18. The molecule has 0 aromatic heterocycles. The van der Waals surface area contributed by atoms with E-state index < -0.39 is 8.32 Å². The molecule has 7 heteroatoms. The molecule has 174 valence electrons. The molecule has 0 radical (unpaired) electrons. The smallest absolute Gasteiger partial charge is 0.255 e. The number of amides is 1. The molecule has 3 rings (SSSR count). The Morgan fingerprint density at radius 1 is 1.06 bits per heavy atom. The van der Waals surface area contributed by atoms with E-state index in [1.165, 1.54) is 5.56 Å². The first-order chi connectivity index (χ1) is 15.2. The van der Waals surface area contributed by atoms with Gasteiger partial charge in [-0.15, -0.1) is 0 Å². The first-order valence-corrected chi connectivity index (χ1v) is 14.3. The van der Waals surface area contributed by atoms with Gasteiger partial charge in [-0.3, -0.25) is 4.79 Å². The Kier molecular flexibility index (Phi) is 8.11. The number of aliphatic hydroxyl groups is 1. The van der Waals surface area contributed by atoms with Crippen molar-refractivity contribution in [3.63, 3.8) is 0 Å². The van der Waals surface area contributed by atoms with Crippen LogP contribution in [0.15, 0.2) is 48.5 Å². The number of nitrogens with one attached hydrogen (secondary N) is 1. The molecule has 1 fully saturated rings. The minimum atomic E-state index is -2.38. The van der Waals surface area contributed by atoms with E-state index in [1.807, 2.05) is 37.4 Å². The van der Waals surface area contributed by atoms with Gasteiger partial charge < -0.3 is 24.7 Å². The highest BCUT2D eigenvalue weighted by molar-refractivity contribution is 6.71. The Morgan fingerprint density at radius 3 is 2.28 bits per heavy atom. The zero-order valence-electron chi connectivity index (χ0n) is 19.4. The normalized spacial score (nSPS) is 23.2. The molecule has 2 aromatic carbocycles. The summed E-state index contributed by atoms with van der Waals surface area (Å²) in [6.07, 6.45) is 2.30. The fourth-order valence-electron chi connectivity index (χ4n) is 4.82. The van der Waals surface area contributed by atoms with Crippen LogP contribution in [0.1, 0.15) is 35.7 Å². The Morgan fingerprint density at radius 2 is 1.72 bits per heavy atom. The van der Waals surface area contributed by atoms with Crippen molar-refractivity contribution in [2.45, 2.75) is 57.0 Å². The molecule has 32 heavy (non-hydrogen) atoms. The molecule has 1 aliphatic heterocycles. The number of carbonyl (C=O) groups excluding carboxylic acids is 1. The quantitative estimate of drug-likeness (QED) is 0.491. The van der Waals surface area contributed by atoms with E-state index in [0.717, 1.165) is 18.5 Å². The first kappa shape index (κ1) is 24.4. The van der Waals surface area contributed by atoms with Crippen LogP contribution in [0.3, 0.4) is 0 Å². The lowest BCUT2D eigenvalue weighted by Crippen LogP contribution is -2.40. The lowest BCUT2D eigenvalue weighted by atomic mass is 9.95. The molecule has 0 spiro atoms. The van der Waals surface area contributed by atoms with Gasteiger partial charge in [0.1, 0.15) is 5.75 Å². The number of anilines is 1. The summed E-state index contributed by atoms with van der Waals surface area (Å²) in [6, 6.07) is 14.9. The summed E-state index contributed by atoms with van der Waals surface area (Å²) in [7, 11) is -0.783. The SMILES string of the molecule is COc1ccc(C(=O)Nc2ccc(CC[C@H]3O[C@@H](CCO)[C@H]([Si](C)(C)O)[C@H]3C)cc2)cc1. The lowest BCUT2D eigenvalue weighted by molar-refractivity contribution is 0.0192. The van der Waals surface area contributed by atoms with E-state index in [2.05, 4.69) is 12.2 Å². The van der Waals surface area contributed by atoms with Crippen LogP contribution >= 0.6 is 0 Å². The zero-order chi connectivity index (χ0) is 23.3. The van der Waals surface area contributed by atoms with Crippen molar-refractivity contribution in [1.82, 2.24) is 0 Å². The maximum atomic E-state index is 12.4. The van der Waals surface area contributed by atoms with Crippen LogP contribution in [0, 0.1) is 5.92 Å². The van der Waals surface area contributed by atoms with Crippen molar-refractivity contribution in [3.8, 4) is 5.75 Å². The van der Waals surface area contributed by atoms with Gasteiger partial charge in [0.05, 0.1) is 19.3 Å². The molecule has 4 atom stereocenters. The topological polar surface area (TPSA) is 88.0 Å². The second-order valence-corrected chi connectivity index (χ2v) is 13.2. The highest BCUT2D eigenvalue weighted by Crippen LogP contribution is 2.45. The summed E-state index contributed by atoms with van der Waals surface area (Å²) in [5.41, 5.74) is 2.63. The maximum absolute atomic E-state index is 12.4. The van der Waals surface area contributed by atoms with Crippen LogP contribution in [-0.4, -0.2) is 50.1 Å². The lowest BCUT2D eigenvalue weighted by Gasteiger charge is -2.30. The summed E-state index contributed by atoms with van der Waals surface area (Å²) in [4.78, 5) is 23.2. The standard InChI is InChI=1S/C25H35NO5Si/c1-17-22(31-23(15-16-27)24(17)32(3,4)29)14-7-18-5-10-20(11-6-18)26-25(28)19-8-12-21(30-2)13-9-19/h5-6,8-13,17,22-24,27,29H,7,14-16H2,1-4H3,(H,26,28)/t17-,22+,23-,24+/m0/s1. The van der Waals surface area contributed by atoms with E-state index >= 15 is 0 Å². The molecule has 1 aliphatic rings. The van der Waals surface area contributed by atoms with Crippen LogP contribution in [0.4, 0.5) is 5.69 Å². The van der Waals surface area contributed by atoms with Crippen molar-refractivity contribution in [1.29, 1.82) is 0 Å². The summed E-state index contributed by atoms with van der Waals surface area (Å²) in [5.74, 6) is 0.817. The molecule has 6 nitrogen and oxygen atoms in total. The molecular weight excluding hydrogens is 422 g/mol. The third kappa shape index (κ3) is 5.98. The van der Waals surface area contributed by atoms with E-state index in [-0.39, 0.29) is 36.2 Å². The number of ether oxygens (including phenoxy) is 2. The van der Waals surface area contributed by atoms with Crippen LogP contribution in [0.25, 0.3) is 0 Å². The van der Waals surface area contributed by atoms with Gasteiger partial charge in [0, 0.05) is 23.4 Å². The van der Waals surface area contributed by atoms with Gasteiger partial charge in [-0.05, 0) is 80.2 Å². The third-order valence-corrected chi connectivity index (χ3v) is 8.94. The Bertz CT molecular complexity index is 879. The minimum absolute atomic E-state index is 0.0674. The first-order valence-electron chi connectivity index (χ1n) is 11.3. The van der Waals surface area contributed by atoms with Crippen LogP contribution in [0.2, 0.25) is 18.6 Å². The average Bonchev–Trinajstić information content (AvgIpc) is 3.08. The Balaban J connectivity index is 1.56. The van der Waals surface area contributed by atoms with E-state index in [1.54, 1.807) is 31.4 Å². The van der Waals surface area contributed by atoms with Crippen molar-refractivity contribution in [2.24, 2.45) is 5.92 Å². The number of hydrogen-bond acceptors (Lipinski definition) is 5. The van der Waals surface area contributed by atoms with E-state index in [4.69, 9.17) is 9.47 Å². The van der Waals surface area contributed by atoms with Gasteiger partial charge in [0.15, 0.2) is 8.32 Å². The molecule has 1 heterocycles. The number of methoxy groups -OCH3 is 1.